The number of halogens is 1. The molecule has 35 heavy (non-hydrogen) atoms. The number of rotatable bonds is 7. The number of fused-ring (bicyclic) bond motifs is 1. The summed E-state index contributed by atoms with van der Waals surface area (Å²) < 4.78 is 13.7. The van der Waals surface area contributed by atoms with Crippen LogP contribution >= 0.6 is 27.3 Å². The summed E-state index contributed by atoms with van der Waals surface area (Å²) in [5.74, 6) is 0.0946. The molecule has 182 valence electrons. The number of nitrogens with zero attached hydrogens (tertiary/aromatic N) is 2. The van der Waals surface area contributed by atoms with Gasteiger partial charge in [-0.1, -0.05) is 58.8 Å². The van der Waals surface area contributed by atoms with E-state index in [1.165, 1.54) is 15.9 Å². The van der Waals surface area contributed by atoms with E-state index in [9.17, 15) is 14.7 Å². The quantitative estimate of drug-likeness (QED) is 0.443. The number of phenolic OH excluding ortho intramolecular Hbond substituents is 1. The molecule has 0 fully saturated rings. The molecule has 1 atom stereocenters. The number of esters is 1. The lowest BCUT2D eigenvalue weighted by Crippen LogP contribution is -2.40. The Hall–Kier alpha value is -3.17. The maximum Gasteiger partial charge on any atom is 0.338 e. The predicted octanol–water partition coefficient (Wildman–Crippen LogP) is 4.06. The van der Waals surface area contributed by atoms with Gasteiger partial charge < -0.3 is 14.6 Å². The van der Waals surface area contributed by atoms with Gasteiger partial charge in [0.25, 0.3) is 5.56 Å². The van der Waals surface area contributed by atoms with E-state index in [0.29, 0.717) is 43.9 Å². The number of ether oxygens (including phenoxy) is 2. The Morgan fingerprint density at radius 2 is 2.03 bits per heavy atom. The molecule has 1 aliphatic heterocycles. The van der Waals surface area contributed by atoms with E-state index in [2.05, 4.69) is 15.9 Å². The average Bonchev–Trinajstić information content (AvgIpc) is 3.14. The van der Waals surface area contributed by atoms with Crippen LogP contribution in [0.15, 0.2) is 68.0 Å². The summed E-state index contributed by atoms with van der Waals surface area (Å²) in [5.41, 5.74) is 1.76. The normalized spacial score (nSPS) is 15.5. The molecule has 2 aromatic carbocycles. The Morgan fingerprint density at radius 3 is 2.71 bits per heavy atom. The van der Waals surface area contributed by atoms with Crippen molar-refractivity contribution in [1.29, 1.82) is 0 Å². The number of aromatic hydroxyl groups is 1. The van der Waals surface area contributed by atoms with Crippen LogP contribution in [0, 0.1) is 0 Å². The summed E-state index contributed by atoms with van der Waals surface area (Å²) in [6.45, 7) is 3.95. The van der Waals surface area contributed by atoms with Gasteiger partial charge in [-0.25, -0.2) is 9.79 Å². The third-order valence-electron chi connectivity index (χ3n) is 5.60. The van der Waals surface area contributed by atoms with Crippen molar-refractivity contribution in [1.82, 2.24) is 4.57 Å². The van der Waals surface area contributed by atoms with Gasteiger partial charge >= 0.3 is 5.97 Å². The first-order valence-corrected chi connectivity index (χ1v) is 12.8. The molecule has 0 saturated heterocycles. The second kappa shape index (κ2) is 10.6. The zero-order chi connectivity index (χ0) is 25.1. The van der Waals surface area contributed by atoms with Crippen molar-refractivity contribution in [2.75, 3.05) is 13.7 Å². The molecular weight excluding hydrogens is 532 g/mol. The summed E-state index contributed by atoms with van der Waals surface area (Å²) in [7, 11) is 1.55. The lowest BCUT2D eigenvalue weighted by Gasteiger charge is -2.27. The highest BCUT2D eigenvalue weighted by Crippen LogP contribution is 2.38. The van der Waals surface area contributed by atoms with Crippen LogP contribution in [0.1, 0.15) is 43.9 Å². The number of hydrogen-bond donors (Lipinski definition) is 1. The van der Waals surface area contributed by atoms with Crippen molar-refractivity contribution < 1.29 is 19.4 Å². The van der Waals surface area contributed by atoms with Gasteiger partial charge in [-0.2, -0.15) is 0 Å². The van der Waals surface area contributed by atoms with Crippen molar-refractivity contribution in [2.45, 2.75) is 32.7 Å². The number of carbonyl (C=O) groups excluding carboxylic acids is 1. The highest BCUT2D eigenvalue weighted by atomic mass is 79.9. The van der Waals surface area contributed by atoms with Gasteiger partial charge in [0, 0.05) is 15.6 Å². The molecule has 0 saturated carbocycles. The SMILES string of the molecule is CCCC1=C(C(=O)OCC)[C@@H](c2cc(Br)ccc2OC)n2c(s/c(=C/c3ccccc3O)c2=O)=N1. The minimum absolute atomic E-state index is 0.0717. The third kappa shape index (κ3) is 4.83. The summed E-state index contributed by atoms with van der Waals surface area (Å²) >= 11 is 4.73. The second-order valence-electron chi connectivity index (χ2n) is 7.86. The first kappa shape index (κ1) is 24.9. The van der Waals surface area contributed by atoms with E-state index < -0.39 is 12.0 Å². The smallest absolute Gasteiger partial charge is 0.338 e. The first-order chi connectivity index (χ1) is 16.9. The maximum absolute atomic E-state index is 13.8. The van der Waals surface area contributed by atoms with Gasteiger partial charge in [0.1, 0.15) is 17.5 Å². The number of phenols is 1. The predicted molar refractivity (Wildman–Crippen MR) is 138 cm³/mol. The number of allylic oxidation sites excluding steroid dienone is 1. The number of aromatic nitrogens is 1. The monoisotopic (exact) mass is 556 g/mol. The van der Waals surface area contributed by atoms with Gasteiger partial charge in [0.2, 0.25) is 0 Å². The highest BCUT2D eigenvalue weighted by Gasteiger charge is 2.36. The maximum atomic E-state index is 13.8. The molecule has 0 unspecified atom stereocenters. The molecule has 1 N–H and O–H groups in total. The first-order valence-electron chi connectivity index (χ1n) is 11.2. The molecule has 3 aromatic rings. The number of methoxy groups -OCH3 is 1. The zero-order valence-electron chi connectivity index (χ0n) is 19.6. The van der Waals surface area contributed by atoms with Gasteiger partial charge in [-0.05, 0) is 43.7 Å². The van der Waals surface area contributed by atoms with Gasteiger partial charge in [0.15, 0.2) is 4.80 Å². The van der Waals surface area contributed by atoms with Crippen LogP contribution in [-0.2, 0) is 9.53 Å². The molecule has 7 nitrogen and oxygen atoms in total. The van der Waals surface area contributed by atoms with Crippen LogP contribution < -0.4 is 19.6 Å². The fourth-order valence-electron chi connectivity index (χ4n) is 4.08. The number of hydrogen-bond acceptors (Lipinski definition) is 7. The van der Waals surface area contributed by atoms with Crippen LogP contribution in [-0.4, -0.2) is 29.4 Å². The molecule has 0 amide bonds. The molecule has 0 radical (unpaired) electrons. The molecular formula is C26H25BrN2O5S. The van der Waals surface area contributed by atoms with E-state index in [4.69, 9.17) is 14.5 Å². The Kier molecular flexibility index (Phi) is 7.57. The fraction of sp³-hybridized carbons (Fsp3) is 0.269. The van der Waals surface area contributed by atoms with Crippen molar-refractivity contribution in [3.05, 3.63) is 89.0 Å². The van der Waals surface area contributed by atoms with E-state index in [0.717, 1.165) is 10.9 Å². The largest absolute Gasteiger partial charge is 0.507 e. The van der Waals surface area contributed by atoms with Crippen LogP contribution in [0.4, 0.5) is 0 Å². The van der Waals surface area contributed by atoms with E-state index in [-0.39, 0.29) is 17.9 Å². The van der Waals surface area contributed by atoms with E-state index in [1.807, 2.05) is 19.1 Å². The molecule has 0 aliphatic carbocycles. The van der Waals surface area contributed by atoms with Crippen molar-refractivity contribution >= 4 is 39.3 Å². The number of carbonyl (C=O) groups is 1. The Balaban J connectivity index is 2.07. The van der Waals surface area contributed by atoms with Gasteiger partial charge in [-0.15, -0.1) is 0 Å². The molecule has 0 spiro atoms. The minimum Gasteiger partial charge on any atom is -0.507 e. The summed E-state index contributed by atoms with van der Waals surface area (Å²) in [4.78, 5) is 32.2. The fourth-order valence-corrected chi connectivity index (χ4v) is 5.47. The number of benzene rings is 2. The van der Waals surface area contributed by atoms with E-state index in [1.54, 1.807) is 50.4 Å². The highest BCUT2D eigenvalue weighted by molar-refractivity contribution is 9.10. The van der Waals surface area contributed by atoms with Crippen molar-refractivity contribution in [3.63, 3.8) is 0 Å². The Morgan fingerprint density at radius 1 is 1.26 bits per heavy atom. The summed E-state index contributed by atoms with van der Waals surface area (Å²) in [6, 6.07) is 11.5. The molecule has 4 rings (SSSR count). The van der Waals surface area contributed by atoms with Crippen molar-refractivity contribution in [2.24, 2.45) is 4.99 Å². The number of thiazole rings is 1. The number of para-hydroxylation sites is 1. The second-order valence-corrected chi connectivity index (χ2v) is 9.78. The topological polar surface area (TPSA) is 90.1 Å². The van der Waals surface area contributed by atoms with Crippen LogP contribution in [0.3, 0.4) is 0 Å². The Bertz CT molecular complexity index is 1490. The molecule has 2 heterocycles. The minimum atomic E-state index is -0.786. The van der Waals surface area contributed by atoms with Crippen LogP contribution in [0.5, 0.6) is 11.5 Å². The molecule has 1 aromatic heterocycles. The Labute approximate surface area is 214 Å². The van der Waals surface area contributed by atoms with Gasteiger partial charge in [0.05, 0.1) is 29.5 Å². The zero-order valence-corrected chi connectivity index (χ0v) is 22.0. The summed E-state index contributed by atoms with van der Waals surface area (Å²) in [5, 5.41) is 10.2. The standard InChI is InChI=1S/C26H25BrN2O5S/c1-4-8-18-22(25(32)34-5-2)23(17-14-16(27)11-12-20(17)33-3)29-24(31)21(35-26(29)28-18)13-15-9-6-7-10-19(15)30/h6-7,9-14,23,30H,4-5,8H2,1-3H3/b21-13+/t23-/m1/s1. The van der Waals surface area contributed by atoms with E-state index >= 15 is 0 Å². The summed E-state index contributed by atoms with van der Waals surface area (Å²) in [6.07, 6.45) is 2.95. The molecule has 9 heteroatoms. The third-order valence-corrected chi connectivity index (χ3v) is 7.08. The van der Waals surface area contributed by atoms with Crippen LogP contribution in [0.25, 0.3) is 6.08 Å². The molecule has 0 bridgehead atoms. The lowest BCUT2D eigenvalue weighted by atomic mass is 9.93. The average molecular weight is 557 g/mol. The van der Waals surface area contributed by atoms with Crippen molar-refractivity contribution in [3.8, 4) is 11.5 Å². The molecule has 1 aliphatic rings. The van der Waals surface area contributed by atoms with Crippen LogP contribution in [0.2, 0.25) is 0 Å². The van der Waals surface area contributed by atoms with Gasteiger partial charge in [-0.3, -0.25) is 9.36 Å². The lowest BCUT2D eigenvalue weighted by molar-refractivity contribution is -0.139.